The number of non-ortho nitro benzene ring substituents is 1. The van der Waals surface area contributed by atoms with E-state index >= 15 is 0 Å². The average molecular weight is 261 g/mol. The van der Waals surface area contributed by atoms with Crippen LogP contribution in [0, 0.1) is 27.4 Å². The van der Waals surface area contributed by atoms with Crippen molar-refractivity contribution in [2.45, 2.75) is 26.3 Å². The highest BCUT2D eigenvalue weighted by atomic mass is 16.6. The van der Waals surface area contributed by atoms with Gasteiger partial charge in [-0.05, 0) is 12.0 Å². The summed E-state index contributed by atoms with van der Waals surface area (Å²) in [6, 6.07) is 7.90. The minimum absolute atomic E-state index is 0.0101. The maximum Gasteiger partial charge on any atom is 0.269 e. The number of rotatable bonds is 6. The van der Waals surface area contributed by atoms with Crippen LogP contribution in [0.1, 0.15) is 25.3 Å². The predicted molar refractivity (Wildman–Crippen MR) is 69.0 cm³/mol. The Bertz CT molecular complexity index is 491. The Morgan fingerprint density at radius 2 is 2.11 bits per heavy atom. The molecule has 0 saturated carbocycles. The van der Waals surface area contributed by atoms with Crippen molar-refractivity contribution in [2.24, 2.45) is 5.92 Å². The van der Waals surface area contributed by atoms with E-state index in [4.69, 9.17) is 5.26 Å². The minimum atomic E-state index is -0.636. The van der Waals surface area contributed by atoms with E-state index in [0.717, 1.165) is 12.0 Å². The number of amides is 1. The molecule has 0 fully saturated rings. The van der Waals surface area contributed by atoms with Gasteiger partial charge in [0.05, 0.1) is 11.0 Å². The molecule has 0 aliphatic carbocycles. The summed E-state index contributed by atoms with van der Waals surface area (Å²) in [5, 5.41) is 22.0. The molecule has 0 spiro atoms. The lowest BCUT2D eigenvalue weighted by atomic mass is 10.0. The Balaban J connectivity index is 2.55. The van der Waals surface area contributed by atoms with Crippen molar-refractivity contribution in [3.8, 4) is 6.07 Å². The second kappa shape index (κ2) is 7.11. The fourth-order valence-corrected chi connectivity index (χ4v) is 1.59. The van der Waals surface area contributed by atoms with Crippen molar-refractivity contribution in [3.63, 3.8) is 0 Å². The van der Waals surface area contributed by atoms with Gasteiger partial charge >= 0.3 is 0 Å². The number of hydrogen-bond acceptors (Lipinski definition) is 4. The molecule has 0 aliphatic heterocycles. The zero-order valence-corrected chi connectivity index (χ0v) is 10.6. The summed E-state index contributed by atoms with van der Waals surface area (Å²) in [6.07, 6.45) is 1.30. The number of nitro benzene ring substituents is 1. The van der Waals surface area contributed by atoms with Crippen LogP contribution in [0.25, 0.3) is 0 Å². The van der Waals surface area contributed by atoms with Crippen LogP contribution in [0.15, 0.2) is 24.3 Å². The molecule has 0 heterocycles. The molecule has 100 valence electrons. The fraction of sp³-hybridized carbons (Fsp3) is 0.385. The number of benzene rings is 1. The first-order valence-corrected chi connectivity index (χ1v) is 5.99. The molecular formula is C13H15N3O3. The maximum atomic E-state index is 11.7. The molecule has 0 bridgehead atoms. The van der Waals surface area contributed by atoms with Gasteiger partial charge in [0.2, 0.25) is 5.91 Å². The maximum absolute atomic E-state index is 11.7. The van der Waals surface area contributed by atoms with Gasteiger partial charge in [-0.25, -0.2) is 0 Å². The highest BCUT2D eigenvalue weighted by Crippen LogP contribution is 2.12. The molecule has 1 N–H and O–H groups in total. The van der Waals surface area contributed by atoms with Crippen molar-refractivity contribution in [1.29, 1.82) is 5.26 Å². The summed E-state index contributed by atoms with van der Waals surface area (Å²) >= 11 is 0. The van der Waals surface area contributed by atoms with E-state index in [0.29, 0.717) is 6.42 Å². The predicted octanol–water partition coefficient (Wildman–Crippen LogP) is 2.15. The van der Waals surface area contributed by atoms with Crippen molar-refractivity contribution in [3.05, 3.63) is 39.9 Å². The summed E-state index contributed by atoms with van der Waals surface area (Å²) in [6.45, 7) is 2.17. The number of nitriles is 1. The quantitative estimate of drug-likeness (QED) is 0.626. The van der Waals surface area contributed by atoms with E-state index in [-0.39, 0.29) is 18.1 Å². The third-order valence-corrected chi connectivity index (χ3v) is 2.66. The molecule has 0 radical (unpaired) electrons. The zero-order valence-electron chi connectivity index (χ0n) is 10.6. The van der Waals surface area contributed by atoms with Crippen molar-refractivity contribution in [1.82, 2.24) is 5.32 Å². The standard InChI is InChI=1S/C13H15N3O3/c1-2-3-11(8-14)13(17)15-9-10-4-6-12(7-5-10)16(18)19/h4-7,11H,2-3,9H2,1H3,(H,15,17). The Labute approximate surface area is 111 Å². The Morgan fingerprint density at radius 3 is 2.58 bits per heavy atom. The summed E-state index contributed by atoms with van der Waals surface area (Å²) in [5.41, 5.74) is 0.767. The fourth-order valence-electron chi connectivity index (χ4n) is 1.59. The largest absolute Gasteiger partial charge is 0.351 e. The van der Waals surface area contributed by atoms with Crippen LogP contribution in [0.2, 0.25) is 0 Å². The number of nitro groups is 1. The van der Waals surface area contributed by atoms with Crippen LogP contribution in [0.3, 0.4) is 0 Å². The smallest absolute Gasteiger partial charge is 0.269 e. The van der Waals surface area contributed by atoms with E-state index < -0.39 is 10.8 Å². The van der Waals surface area contributed by atoms with Gasteiger partial charge < -0.3 is 5.32 Å². The molecule has 1 amide bonds. The van der Waals surface area contributed by atoms with Gasteiger partial charge in [-0.1, -0.05) is 25.5 Å². The lowest BCUT2D eigenvalue weighted by Crippen LogP contribution is -2.29. The highest BCUT2D eigenvalue weighted by molar-refractivity contribution is 5.80. The van der Waals surface area contributed by atoms with Crippen molar-refractivity contribution < 1.29 is 9.72 Å². The first kappa shape index (κ1) is 14.6. The second-order valence-corrected chi connectivity index (χ2v) is 4.11. The molecule has 1 unspecified atom stereocenters. The van der Waals surface area contributed by atoms with Crippen molar-refractivity contribution in [2.75, 3.05) is 0 Å². The monoisotopic (exact) mass is 261 g/mol. The van der Waals surface area contributed by atoms with Crippen LogP contribution < -0.4 is 5.32 Å². The normalized spacial score (nSPS) is 11.4. The molecule has 1 rings (SSSR count). The number of hydrogen-bond donors (Lipinski definition) is 1. The lowest BCUT2D eigenvalue weighted by molar-refractivity contribution is -0.384. The zero-order chi connectivity index (χ0) is 14.3. The van der Waals surface area contributed by atoms with E-state index in [1.54, 1.807) is 12.1 Å². The molecule has 0 aromatic heterocycles. The van der Waals surface area contributed by atoms with E-state index in [9.17, 15) is 14.9 Å². The van der Waals surface area contributed by atoms with Crippen LogP contribution in [0.4, 0.5) is 5.69 Å². The summed E-state index contributed by atoms with van der Waals surface area (Å²) in [5.74, 6) is -0.939. The van der Waals surface area contributed by atoms with Gasteiger partial charge in [-0.2, -0.15) is 5.26 Å². The summed E-state index contributed by atoms with van der Waals surface area (Å²) in [4.78, 5) is 21.7. The van der Waals surface area contributed by atoms with E-state index in [1.807, 2.05) is 13.0 Å². The number of nitrogens with one attached hydrogen (secondary N) is 1. The van der Waals surface area contributed by atoms with Gasteiger partial charge in [0.1, 0.15) is 5.92 Å². The molecular weight excluding hydrogens is 246 g/mol. The Kier molecular flexibility index (Phi) is 5.48. The van der Waals surface area contributed by atoms with Gasteiger partial charge in [0.25, 0.3) is 5.69 Å². The first-order chi connectivity index (χ1) is 9.08. The first-order valence-electron chi connectivity index (χ1n) is 5.99. The molecule has 1 aromatic carbocycles. The van der Waals surface area contributed by atoms with Crippen LogP contribution in [-0.2, 0) is 11.3 Å². The minimum Gasteiger partial charge on any atom is -0.351 e. The SMILES string of the molecule is CCCC(C#N)C(=O)NCc1ccc([N+](=O)[O-])cc1. The Hall–Kier alpha value is -2.42. The number of carbonyl (C=O) groups excluding carboxylic acids is 1. The van der Waals surface area contributed by atoms with Crippen LogP contribution in [-0.4, -0.2) is 10.8 Å². The highest BCUT2D eigenvalue weighted by Gasteiger charge is 2.16. The third-order valence-electron chi connectivity index (χ3n) is 2.66. The average Bonchev–Trinajstić information content (AvgIpc) is 2.42. The molecule has 19 heavy (non-hydrogen) atoms. The second-order valence-electron chi connectivity index (χ2n) is 4.11. The summed E-state index contributed by atoms with van der Waals surface area (Å²) < 4.78 is 0. The van der Waals surface area contributed by atoms with E-state index in [2.05, 4.69) is 5.32 Å². The number of nitrogens with zero attached hydrogens (tertiary/aromatic N) is 2. The number of carbonyl (C=O) groups is 1. The Morgan fingerprint density at radius 1 is 1.47 bits per heavy atom. The molecule has 1 atom stereocenters. The van der Waals surface area contributed by atoms with Crippen LogP contribution in [0.5, 0.6) is 0 Å². The topological polar surface area (TPSA) is 96.0 Å². The van der Waals surface area contributed by atoms with Gasteiger partial charge in [0.15, 0.2) is 0 Å². The van der Waals surface area contributed by atoms with E-state index in [1.165, 1.54) is 12.1 Å². The molecule has 0 saturated heterocycles. The lowest BCUT2D eigenvalue weighted by Gasteiger charge is -2.09. The third kappa shape index (κ3) is 4.39. The molecule has 1 aromatic rings. The molecule has 6 heteroatoms. The van der Waals surface area contributed by atoms with Crippen molar-refractivity contribution >= 4 is 11.6 Å². The summed E-state index contributed by atoms with van der Waals surface area (Å²) in [7, 11) is 0. The van der Waals surface area contributed by atoms with Gasteiger partial charge in [0, 0.05) is 18.7 Å². The molecule has 6 nitrogen and oxygen atoms in total. The van der Waals surface area contributed by atoms with Crippen LogP contribution >= 0.6 is 0 Å². The van der Waals surface area contributed by atoms with Gasteiger partial charge in [-0.3, -0.25) is 14.9 Å². The van der Waals surface area contributed by atoms with Gasteiger partial charge in [-0.15, -0.1) is 0 Å². The molecule has 0 aliphatic rings.